The van der Waals surface area contributed by atoms with Crippen molar-refractivity contribution in [3.8, 4) is 11.5 Å². The van der Waals surface area contributed by atoms with Gasteiger partial charge in [-0.3, -0.25) is 9.59 Å². The predicted molar refractivity (Wildman–Crippen MR) is 107 cm³/mol. The second-order valence-corrected chi connectivity index (χ2v) is 6.32. The van der Waals surface area contributed by atoms with Gasteiger partial charge in [0, 0.05) is 19.5 Å². The highest BCUT2D eigenvalue weighted by Gasteiger charge is 2.17. The number of aromatic hydroxyl groups is 1. The van der Waals surface area contributed by atoms with Crippen LogP contribution in [0.5, 0.6) is 11.5 Å². The van der Waals surface area contributed by atoms with Crippen LogP contribution >= 0.6 is 0 Å². The largest absolute Gasteiger partial charge is 0.505 e. The van der Waals surface area contributed by atoms with Gasteiger partial charge in [-0.1, -0.05) is 24.3 Å². The van der Waals surface area contributed by atoms with Gasteiger partial charge in [0.05, 0.1) is 18.5 Å². The summed E-state index contributed by atoms with van der Waals surface area (Å²) in [4.78, 5) is 25.0. The molecule has 146 valence electrons. The molecule has 0 radical (unpaired) electrons. The minimum Gasteiger partial charge on any atom is -0.505 e. The molecule has 0 atom stereocenters. The Morgan fingerprint density at radius 2 is 1.93 bits per heavy atom. The number of nitrogens with zero attached hydrogens (tertiary/aromatic N) is 1. The molecule has 0 unspecified atom stereocenters. The quantitative estimate of drug-likeness (QED) is 0.613. The molecule has 1 aromatic heterocycles. The second-order valence-electron chi connectivity index (χ2n) is 6.32. The smallest absolute Gasteiger partial charge is 0.278 e. The van der Waals surface area contributed by atoms with Crippen LogP contribution in [0.2, 0.25) is 0 Å². The predicted octanol–water partition coefficient (Wildman–Crippen LogP) is 2.45. The summed E-state index contributed by atoms with van der Waals surface area (Å²) < 4.78 is 11.9. The van der Waals surface area contributed by atoms with E-state index >= 15 is 0 Å². The zero-order valence-corrected chi connectivity index (χ0v) is 15.8. The first-order valence-corrected chi connectivity index (χ1v) is 8.82. The molecular weight excluding hydrogens is 360 g/mol. The Kier molecular flexibility index (Phi) is 5.96. The molecular formula is C21H22N2O5. The number of benzene rings is 2. The Morgan fingerprint density at radius 1 is 1.14 bits per heavy atom. The molecule has 7 nitrogen and oxygen atoms in total. The van der Waals surface area contributed by atoms with Crippen molar-refractivity contribution in [2.24, 2.45) is 7.05 Å². The number of nitrogens with one attached hydrogen (secondary N) is 1. The monoisotopic (exact) mass is 382 g/mol. The van der Waals surface area contributed by atoms with E-state index in [0.29, 0.717) is 29.9 Å². The number of fused-ring (bicyclic) bond motifs is 1. The van der Waals surface area contributed by atoms with Crippen molar-refractivity contribution in [3.05, 3.63) is 64.4 Å². The van der Waals surface area contributed by atoms with Crippen molar-refractivity contribution in [2.45, 2.75) is 6.42 Å². The molecule has 2 N–H and O–H groups in total. The summed E-state index contributed by atoms with van der Waals surface area (Å²) in [6, 6.07) is 14.1. The van der Waals surface area contributed by atoms with Gasteiger partial charge in [0.15, 0.2) is 11.4 Å². The van der Waals surface area contributed by atoms with Gasteiger partial charge in [-0.15, -0.1) is 0 Å². The molecule has 7 heteroatoms. The number of methoxy groups -OCH3 is 1. The zero-order chi connectivity index (χ0) is 20.1. The lowest BCUT2D eigenvalue weighted by Crippen LogP contribution is -2.25. The Bertz CT molecular complexity index is 1060. The number of aromatic nitrogens is 1. The maximum Gasteiger partial charge on any atom is 0.278 e. The molecule has 0 bridgehead atoms. The summed E-state index contributed by atoms with van der Waals surface area (Å²) in [5.74, 6) is -0.00719. The van der Waals surface area contributed by atoms with Gasteiger partial charge in [-0.25, -0.2) is 0 Å². The molecule has 1 heterocycles. The summed E-state index contributed by atoms with van der Waals surface area (Å²) in [6.07, 6.45) is 0.0386. The maximum atomic E-state index is 12.5. The van der Waals surface area contributed by atoms with Gasteiger partial charge in [0.25, 0.3) is 5.56 Å². The highest BCUT2D eigenvalue weighted by atomic mass is 16.5. The number of hydrogen-bond donors (Lipinski definition) is 2. The molecule has 0 aliphatic rings. The third-order valence-corrected chi connectivity index (χ3v) is 4.36. The SMILES string of the molecule is COCCOc1cccc(CC(=O)Nc2c(O)c3ccccc3n(C)c2=O)c1. The van der Waals surface area contributed by atoms with Crippen molar-refractivity contribution < 1.29 is 19.4 Å². The van der Waals surface area contributed by atoms with Crippen LogP contribution in [0.25, 0.3) is 10.9 Å². The standard InChI is InChI=1S/C21H22N2O5/c1-23-17-9-4-3-8-16(17)20(25)19(21(23)26)22-18(24)13-14-6-5-7-15(12-14)28-11-10-27-2/h3-9,12,25H,10-11,13H2,1-2H3,(H,22,24). The Balaban J connectivity index is 1.79. The molecule has 0 aliphatic heterocycles. The maximum absolute atomic E-state index is 12.5. The summed E-state index contributed by atoms with van der Waals surface area (Å²) in [7, 11) is 3.19. The molecule has 0 fully saturated rings. The van der Waals surface area contributed by atoms with E-state index in [0.717, 1.165) is 5.56 Å². The van der Waals surface area contributed by atoms with E-state index in [4.69, 9.17) is 9.47 Å². The van der Waals surface area contributed by atoms with Gasteiger partial charge in [0.1, 0.15) is 12.4 Å². The van der Waals surface area contributed by atoms with Crippen LogP contribution in [-0.4, -0.2) is 35.9 Å². The molecule has 1 amide bonds. The van der Waals surface area contributed by atoms with Crippen LogP contribution < -0.4 is 15.6 Å². The van der Waals surface area contributed by atoms with Crippen molar-refractivity contribution in [3.63, 3.8) is 0 Å². The first-order valence-electron chi connectivity index (χ1n) is 8.82. The lowest BCUT2D eigenvalue weighted by Gasteiger charge is -2.13. The van der Waals surface area contributed by atoms with Crippen LogP contribution in [-0.2, 0) is 23.0 Å². The number of rotatable bonds is 7. The molecule has 2 aromatic carbocycles. The van der Waals surface area contributed by atoms with E-state index in [1.807, 2.05) is 0 Å². The number of aryl methyl sites for hydroxylation is 1. The fourth-order valence-corrected chi connectivity index (χ4v) is 2.95. The van der Waals surface area contributed by atoms with E-state index in [-0.39, 0.29) is 17.9 Å². The van der Waals surface area contributed by atoms with Gasteiger partial charge < -0.3 is 24.5 Å². The first kappa shape index (κ1) is 19.4. The van der Waals surface area contributed by atoms with Crippen LogP contribution in [0.4, 0.5) is 5.69 Å². The van der Waals surface area contributed by atoms with Gasteiger partial charge >= 0.3 is 0 Å². The highest BCUT2D eigenvalue weighted by Crippen LogP contribution is 2.29. The number of carbonyl (C=O) groups excluding carboxylic acids is 1. The van der Waals surface area contributed by atoms with E-state index in [1.54, 1.807) is 62.7 Å². The zero-order valence-electron chi connectivity index (χ0n) is 15.8. The number of para-hydroxylation sites is 1. The van der Waals surface area contributed by atoms with E-state index < -0.39 is 11.5 Å². The highest BCUT2D eigenvalue weighted by molar-refractivity contribution is 5.98. The van der Waals surface area contributed by atoms with E-state index in [1.165, 1.54) is 4.57 Å². The summed E-state index contributed by atoms with van der Waals surface area (Å²) in [6.45, 7) is 0.877. The van der Waals surface area contributed by atoms with Gasteiger partial charge in [-0.05, 0) is 29.8 Å². The lowest BCUT2D eigenvalue weighted by molar-refractivity contribution is -0.115. The van der Waals surface area contributed by atoms with Crippen LogP contribution in [0.3, 0.4) is 0 Å². The molecule has 3 aromatic rings. The minimum atomic E-state index is -0.471. The third-order valence-electron chi connectivity index (χ3n) is 4.36. The number of amides is 1. The minimum absolute atomic E-state index is 0.0386. The third kappa shape index (κ3) is 4.15. The summed E-state index contributed by atoms with van der Waals surface area (Å²) >= 11 is 0. The van der Waals surface area contributed by atoms with Crippen LogP contribution in [0.15, 0.2) is 53.3 Å². The van der Waals surface area contributed by atoms with Crippen LogP contribution in [0.1, 0.15) is 5.56 Å². The van der Waals surface area contributed by atoms with Gasteiger partial charge in [-0.2, -0.15) is 0 Å². The number of carbonyl (C=O) groups is 1. The molecule has 0 spiro atoms. The molecule has 0 saturated carbocycles. The molecule has 0 saturated heterocycles. The van der Waals surface area contributed by atoms with E-state index in [2.05, 4.69) is 5.32 Å². The Hall–Kier alpha value is -3.32. The van der Waals surface area contributed by atoms with Crippen molar-refractivity contribution in [2.75, 3.05) is 25.6 Å². The van der Waals surface area contributed by atoms with Crippen molar-refractivity contribution in [1.82, 2.24) is 4.57 Å². The molecule has 0 aliphatic carbocycles. The second kappa shape index (κ2) is 8.58. The summed E-state index contributed by atoms with van der Waals surface area (Å²) in [5, 5.41) is 13.5. The van der Waals surface area contributed by atoms with Crippen LogP contribution in [0, 0.1) is 0 Å². The topological polar surface area (TPSA) is 89.8 Å². The fourth-order valence-electron chi connectivity index (χ4n) is 2.95. The number of hydrogen-bond acceptors (Lipinski definition) is 5. The lowest BCUT2D eigenvalue weighted by atomic mass is 10.1. The number of anilines is 1. The fraction of sp³-hybridized carbons (Fsp3) is 0.238. The number of ether oxygens (including phenoxy) is 2. The van der Waals surface area contributed by atoms with Crippen molar-refractivity contribution >= 4 is 22.5 Å². The molecule has 3 rings (SSSR count). The first-order chi connectivity index (χ1) is 13.5. The summed E-state index contributed by atoms with van der Waals surface area (Å²) in [5.41, 5.74) is 0.716. The normalized spacial score (nSPS) is 10.8. The Morgan fingerprint density at radius 3 is 2.71 bits per heavy atom. The average Bonchev–Trinajstić information content (AvgIpc) is 2.70. The van der Waals surface area contributed by atoms with E-state index in [9.17, 15) is 14.7 Å². The molecule has 28 heavy (non-hydrogen) atoms. The van der Waals surface area contributed by atoms with Crippen molar-refractivity contribution in [1.29, 1.82) is 0 Å². The average molecular weight is 382 g/mol. The Labute approximate surface area is 162 Å². The van der Waals surface area contributed by atoms with Gasteiger partial charge in [0.2, 0.25) is 5.91 Å². The number of pyridine rings is 1.